The number of carbonyl (C=O) groups is 1. The van der Waals surface area contributed by atoms with Crippen LogP contribution < -0.4 is 14.8 Å². The van der Waals surface area contributed by atoms with E-state index in [2.05, 4.69) is 5.32 Å². The van der Waals surface area contributed by atoms with Crippen LogP contribution in [0.2, 0.25) is 10.0 Å². The van der Waals surface area contributed by atoms with Crippen LogP contribution in [0, 0.1) is 11.3 Å². The Bertz CT molecular complexity index is 971. The minimum absolute atomic E-state index is 0.0000717. The molecule has 6 nitrogen and oxygen atoms in total. The molecule has 0 unspecified atom stereocenters. The molecular formula is C23H24Cl2N2O4. The van der Waals surface area contributed by atoms with Gasteiger partial charge in [0, 0.05) is 35.4 Å². The molecular weight excluding hydrogens is 439 g/mol. The highest BCUT2D eigenvalue weighted by atomic mass is 35.5. The fourth-order valence-corrected chi connectivity index (χ4v) is 3.08. The first-order chi connectivity index (χ1) is 15.0. The van der Waals surface area contributed by atoms with Crippen LogP contribution in [0.15, 0.2) is 42.0 Å². The summed E-state index contributed by atoms with van der Waals surface area (Å²) in [6, 6.07) is 12.3. The summed E-state index contributed by atoms with van der Waals surface area (Å²) in [4.78, 5) is 12.2. The second-order valence-corrected chi connectivity index (χ2v) is 7.25. The highest BCUT2D eigenvalue weighted by molar-refractivity contribution is 6.35. The van der Waals surface area contributed by atoms with Crippen molar-refractivity contribution in [1.82, 2.24) is 5.32 Å². The first kappa shape index (κ1) is 24.5. The molecule has 0 aliphatic rings. The van der Waals surface area contributed by atoms with Crippen LogP contribution in [0.4, 0.5) is 0 Å². The van der Waals surface area contributed by atoms with E-state index >= 15 is 0 Å². The van der Waals surface area contributed by atoms with E-state index in [0.29, 0.717) is 53.3 Å². The Morgan fingerprint density at radius 3 is 2.68 bits per heavy atom. The van der Waals surface area contributed by atoms with Crippen molar-refractivity contribution >= 4 is 35.2 Å². The molecule has 0 radical (unpaired) electrons. The zero-order valence-corrected chi connectivity index (χ0v) is 18.9. The van der Waals surface area contributed by atoms with Crippen molar-refractivity contribution in [3.8, 4) is 17.6 Å². The highest BCUT2D eigenvalue weighted by Gasteiger charge is 2.11. The van der Waals surface area contributed by atoms with Gasteiger partial charge in [-0.25, -0.2) is 0 Å². The Hall–Kier alpha value is -2.72. The molecule has 0 aliphatic heterocycles. The number of carbonyl (C=O) groups excluding carboxylic acids is 1. The molecule has 0 heterocycles. The Kier molecular flexibility index (Phi) is 10.2. The third-order valence-electron chi connectivity index (χ3n) is 4.22. The lowest BCUT2D eigenvalue weighted by molar-refractivity contribution is -0.117. The number of benzene rings is 2. The van der Waals surface area contributed by atoms with E-state index in [1.54, 1.807) is 36.4 Å². The lowest BCUT2D eigenvalue weighted by Gasteiger charge is -2.12. The Morgan fingerprint density at radius 2 is 2.00 bits per heavy atom. The molecule has 0 saturated carbocycles. The fourth-order valence-electron chi connectivity index (χ4n) is 2.62. The minimum atomic E-state index is -0.435. The summed E-state index contributed by atoms with van der Waals surface area (Å²) in [6.45, 7) is 3.76. The van der Waals surface area contributed by atoms with Gasteiger partial charge in [-0.05, 0) is 49.2 Å². The number of nitriles is 1. The van der Waals surface area contributed by atoms with Crippen LogP contribution in [0.1, 0.15) is 24.5 Å². The zero-order valence-electron chi connectivity index (χ0n) is 17.4. The second-order valence-electron chi connectivity index (χ2n) is 6.41. The zero-order chi connectivity index (χ0) is 22.6. The Labute approximate surface area is 192 Å². The number of ether oxygens (including phenoxy) is 3. The molecule has 0 aromatic heterocycles. The molecule has 1 N–H and O–H groups in total. The molecule has 8 heteroatoms. The third kappa shape index (κ3) is 7.80. The molecule has 0 aliphatic carbocycles. The molecule has 0 atom stereocenters. The van der Waals surface area contributed by atoms with Crippen LogP contribution in [0.5, 0.6) is 11.5 Å². The summed E-state index contributed by atoms with van der Waals surface area (Å²) in [5.41, 5.74) is 1.42. The molecule has 1 amide bonds. The van der Waals surface area contributed by atoms with Gasteiger partial charge < -0.3 is 19.5 Å². The van der Waals surface area contributed by atoms with Crippen molar-refractivity contribution in [3.63, 3.8) is 0 Å². The number of hydrogen-bond donors (Lipinski definition) is 1. The monoisotopic (exact) mass is 462 g/mol. The minimum Gasteiger partial charge on any atom is -0.493 e. The van der Waals surface area contributed by atoms with Gasteiger partial charge >= 0.3 is 0 Å². The predicted octanol–water partition coefficient (Wildman–Crippen LogP) is 5.03. The first-order valence-electron chi connectivity index (χ1n) is 9.71. The molecule has 0 bridgehead atoms. The van der Waals surface area contributed by atoms with Crippen molar-refractivity contribution in [1.29, 1.82) is 5.26 Å². The summed E-state index contributed by atoms with van der Waals surface area (Å²) < 4.78 is 16.4. The number of nitrogens with zero attached hydrogens (tertiary/aromatic N) is 1. The molecule has 164 valence electrons. The van der Waals surface area contributed by atoms with Gasteiger partial charge in [-0.1, -0.05) is 35.3 Å². The summed E-state index contributed by atoms with van der Waals surface area (Å²) in [5.74, 6) is 0.536. The lowest BCUT2D eigenvalue weighted by atomic mass is 10.1. The van der Waals surface area contributed by atoms with Crippen molar-refractivity contribution in [2.45, 2.75) is 20.0 Å². The summed E-state index contributed by atoms with van der Waals surface area (Å²) in [5, 5.41) is 13.1. The normalized spacial score (nSPS) is 11.0. The van der Waals surface area contributed by atoms with Crippen molar-refractivity contribution < 1.29 is 19.0 Å². The van der Waals surface area contributed by atoms with E-state index < -0.39 is 5.91 Å². The summed E-state index contributed by atoms with van der Waals surface area (Å²) in [7, 11) is 1.52. The van der Waals surface area contributed by atoms with Gasteiger partial charge in [0.05, 0.1) is 7.11 Å². The maximum atomic E-state index is 12.2. The van der Waals surface area contributed by atoms with Crippen molar-refractivity contribution in [3.05, 3.63) is 63.1 Å². The first-order valence-corrected chi connectivity index (χ1v) is 10.5. The van der Waals surface area contributed by atoms with Crippen LogP contribution in [-0.2, 0) is 16.1 Å². The van der Waals surface area contributed by atoms with E-state index in [4.69, 9.17) is 37.4 Å². The average molecular weight is 463 g/mol. The summed E-state index contributed by atoms with van der Waals surface area (Å²) >= 11 is 12.1. The van der Waals surface area contributed by atoms with Crippen molar-refractivity contribution in [2.75, 3.05) is 26.9 Å². The van der Waals surface area contributed by atoms with E-state index in [9.17, 15) is 10.1 Å². The van der Waals surface area contributed by atoms with Gasteiger partial charge in [0.1, 0.15) is 18.2 Å². The van der Waals surface area contributed by atoms with Gasteiger partial charge in [0.25, 0.3) is 5.91 Å². The van der Waals surface area contributed by atoms with Crippen molar-refractivity contribution in [2.24, 2.45) is 0 Å². The van der Waals surface area contributed by atoms with Crippen LogP contribution in [0.3, 0.4) is 0 Å². The number of rotatable bonds is 11. The lowest BCUT2D eigenvalue weighted by Crippen LogP contribution is -2.26. The third-order valence-corrected chi connectivity index (χ3v) is 4.80. The fraction of sp³-hybridized carbons (Fsp3) is 0.304. The van der Waals surface area contributed by atoms with Gasteiger partial charge in [-0.2, -0.15) is 5.26 Å². The second kappa shape index (κ2) is 12.9. The molecule has 0 fully saturated rings. The number of amides is 1. The largest absolute Gasteiger partial charge is 0.493 e. The van der Waals surface area contributed by atoms with E-state index in [1.807, 2.05) is 13.0 Å². The predicted molar refractivity (Wildman–Crippen MR) is 121 cm³/mol. The van der Waals surface area contributed by atoms with Crippen LogP contribution >= 0.6 is 23.2 Å². The quantitative estimate of drug-likeness (QED) is 0.287. The SMILES string of the molecule is CCOCCCNC(=O)C(C#N)=Cc1ccc(OCc2ccc(Cl)cc2Cl)c(OC)c1. The topological polar surface area (TPSA) is 80.6 Å². The number of methoxy groups -OCH3 is 1. The summed E-state index contributed by atoms with van der Waals surface area (Å²) in [6.07, 6.45) is 2.18. The van der Waals surface area contributed by atoms with Crippen LogP contribution in [-0.4, -0.2) is 32.8 Å². The molecule has 2 aromatic rings. The molecule has 0 spiro atoms. The Balaban J connectivity index is 2.06. The maximum Gasteiger partial charge on any atom is 0.261 e. The standard InChI is InChI=1S/C23H24Cl2N2O4/c1-3-30-10-4-9-27-23(28)18(14-26)11-16-5-8-21(22(12-16)29-2)31-15-17-6-7-19(24)13-20(17)25/h5-8,11-13H,3-4,9-10,15H2,1-2H3,(H,27,28). The average Bonchev–Trinajstić information content (AvgIpc) is 2.77. The number of halogens is 2. The van der Waals surface area contributed by atoms with Crippen LogP contribution in [0.25, 0.3) is 6.08 Å². The molecule has 0 saturated heterocycles. The van der Waals surface area contributed by atoms with Gasteiger partial charge in [0.15, 0.2) is 11.5 Å². The molecule has 31 heavy (non-hydrogen) atoms. The van der Waals surface area contributed by atoms with E-state index in [0.717, 1.165) is 5.56 Å². The van der Waals surface area contributed by atoms with Gasteiger partial charge in [-0.15, -0.1) is 0 Å². The highest BCUT2D eigenvalue weighted by Crippen LogP contribution is 2.31. The van der Waals surface area contributed by atoms with E-state index in [1.165, 1.54) is 13.2 Å². The Morgan fingerprint density at radius 1 is 1.19 bits per heavy atom. The number of hydrogen-bond acceptors (Lipinski definition) is 5. The smallest absolute Gasteiger partial charge is 0.261 e. The van der Waals surface area contributed by atoms with Gasteiger partial charge in [-0.3, -0.25) is 4.79 Å². The molecule has 2 aromatic carbocycles. The number of nitrogens with one attached hydrogen (secondary N) is 1. The molecule has 2 rings (SSSR count). The van der Waals surface area contributed by atoms with E-state index in [-0.39, 0.29) is 12.2 Å². The van der Waals surface area contributed by atoms with Gasteiger partial charge in [0.2, 0.25) is 0 Å². The maximum absolute atomic E-state index is 12.2.